The van der Waals surface area contributed by atoms with Crippen LogP contribution in [0.3, 0.4) is 0 Å². The number of rotatable bonds is 3. The first-order chi connectivity index (χ1) is 8.40. The zero-order valence-corrected chi connectivity index (χ0v) is 11.4. The van der Waals surface area contributed by atoms with Gasteiger partial charge >= 0.3 is 6.18 Å². The van der Waals surface area contributed by atoms with Crippen molar-refractivity contribution in [2.45, 2.75) is 6.18 Å². The van der Waals surface area contributed by atoms with E-state index in [0.717, 1.165) is 0 Å². The van der Waals surface area contributed by atoms with Gasteiger partial charge in [-0.15, -0.1) is 22.1 Å². The number of nitrogens with two attached hydrogens (primary N) is 1. The molecule has 2 aromatic rings. The molecule has 0 spiro atoms. The van der Waals surface area contributed by atoms with E-state index in [1.54, 1.807) is 0 Å². The minimum Gasteiger partial charge on any atom is -0.478 e. The molecule has 0 bridgehead atoms. The van der Waals surface area contributed by atoms with Crippen molar-refractivity contribution in [1.82, 2.24) is 14.6 Å². The monoisotopic (exact) mass is 342 g/mol. The normalized spacial score (nSPS) is 11.2. The van der Waals surface area contributed by atoms with Gasteiger partial charge in [-0.2, -0.15) is 17.7 Å². The summed E-state index contributed by atoms with van der Waals surface area (Å²) in [5.41, 5.74) is 5.91. The van der Waals surface area contributed by atoms with Crippen LogP contribution in [0.25, 0.3) is 5.52 Å². The summed E-state index contributed by atoms with van der Waals surface area (Å²) in [4.78, 5) is 3.77. The lowest BCUT2D eigenvalue weighted by molar-refractivity contribution is -0.153. The van der Waals surface area contributed by atoms with E-state index in [2.05, 4.69) is 14.8 Å². The molecule has 6 nitrogen and oxygen atoms in total. The fourth-order valence-electron chi connectivity index (χ4n) is 1.32. The Hall–Kier alpha value is -1.71. The topological polar surface area (TPSA) is 74.7 Å². The molecule has 2 N–H and O–H groups in total. The number of methoxy groups -OCH3 is 1. The number of fused-ring (bicyclic) bond motifs is 1. The number of hydrogen-bond acceptors (Lipinski definition) is 5. The van der Waals surface area contributed by atoms with Gasteiger partial charge in [0.2, 0.25) is 5.95 Å². The van der Waals surface area contributed by atoms with Crippen LogP contribution in [0.15, 0.2) is 12.3 Å². The Kier molecular flexibility index (Phi) is 4.45. The van der Waals surface area contributed by atoms with E-state index in [9.17, 15) is 13.2 Å². The summed E-state index contributed by atoms with van der Waals surface area (Å²) >= 11 is 0. The first-order valence-corrected chi connectivity index (χ1v) is 4.78. The molecule has 10 heteroatoms. The fourth-order valence-corrected chi connectivity index (χ4v) is 1.32. The molecular formula is C9H10BrF3N4O2. The molecule has 19 heavy (non-hydrogen) atoms. The molecule has 0 aromatic carbocycles. The fraction of sp³-hybridized carbons (Fsp3) is 0.333. The van der Waals surface area contributed by atoms with Gasteiger partial charge in [0.25, 0.3) is 5.88 Å². The van der Waals surface area contributed by atoms with Crippen molar-refractivity contribution < 1.29 is 22.6 Å². The van der Waals surface area contributed by atoms with Crippen LogP contribution >= 0.6 is 17.0 Å². The maximum absolute atomic E-state index is 12.1. The van der Waals surface area contributed by atoms with Crippen molar-refractivity contribution >= 4 is 28.4 Å². The Labute approximate surface area is 116 Å². The highest BCUT2D eigenvalue weighted by molar-refractivity contribution is 8.93. The molecule has 0 amide bonds. The summed E-state index contributed by atoms with van der Waals surface area (Å²) in [7, 11) is 1.27. The minimum atomic E-state index is -4.43. The third kappa shape index (κ3) is 3.40. The number of aromatic nitrogens is 3. The van der Waals surface area contributed by atoms with Crippen LogP contribution in [0.4, 0.5) is 19.1 Å². The average molecular weight is 343 g/mol. The zero-order valence-electron chi connectivity index (χ0n) is 9.64. The molecule has 0 aliphatic heterocycles. The number of ether oxygens (including phenoxy) is 2. The predicted octanol–water partition coefficient (Wildman–Crippen LogP) is 1.84. The van der Waals surface area contributed by atoms with Crippen LogP contribution in [0.1, 0.15) is 0 Å². The standard InChI is InChI=1S/C9H9F3N4O2.BrH/c1-17-7-6(18-4-9(10,11)12)2-5-3-14-8(13)16(5)15-7;/h2-3H,4H2,1H3,(H2,13,14);1H. The first kappa shape index (κ1) is 15.3. The number of nitrogen functional groups attached to an aromatic ring is 1. The maximum atomic E-state index is 12.1. The van der Waals surface area contributed by atoms with Gasteiger partial charge in [-0.3, -0.25) is 0 Å². The number of hydrogen-bond donors (Lipinski definition) is 1. The molecule has 2 heterocycles. The van der Waals surface area contributed by atoms with Crippen LogP contribution in [-0.4, -0.2) is 34.5 Å². The molecule has 0 fully saturated rings. The number of nitrogens with zero attached hydrogens (tertiary/aromatic N) is 3. The van der Waals surface area contributed by atoms with E-state index < -0.39 is 12.8 Å². The van der Waals surface area contributed by atoms with Crippen molar-refractivity contribution in [2.75, 3.05) is 19.5 Å². The molecule has 0 aliphatic carbocycles. The summed E-state index contributed by atoms with van der Waals surface area (Å²) in [6.45, 7) is -1.43. The van der Waals surface area contributed by atoms with Gasteiger partial charge in [0, 0.05) is 6.07 Å². The maximum Gasteiger partial charge on any atom is 0.422 e. The van der Waals surface area contributed by atoms with E-state index in [0.29, 0.717) is 5.52 Å². The molecule has 0 atom stereocenters. The molecule has 0 unspecified atom stereocenters. The smallest absolute Gasteiger partial charge is 0.422 e. The van der Waals surface area contributed by atoms with Crippen molar-refractivity contribution in [3.8, 4) is 11.6 Å². The van der Waals surface area contributed by atoms with Crippen molar-refractivity contribution in [3.63, 3.8) is 0 Å². The van der Waals surface area contributed by atoms with E-state index in [1.165, 1.54) is 23.9 Å². The average Bonchev–Trinajstić information content (AvgIpc) is 2.66. The Bertz CT molecular complexity index is 572. The predicted molar refractivity (Wildman–Crippen MR) is 65.8 cm³/mol. The molecule has 106 valence electrons. The second-order valence-corrected chi connectivity index (χ2v) is 3.37. The third-order valence-electron chi connectivity index (χ3n) is 2.06. The van der Waals surface area contributed by atoms with Crippen LogP contribution in [0, 0.1) is 0 Å². The molecule has 0 saturated carbocycles. The third-order valence-corrected chi connectivity index (χ3v) is 2.06. The molecule has 2 rings (SSSR count). The quantitative estimate of drug-likeness (QED) is 0.921. The van der Waals surface area contributed by atoms with E-state index in [1.807, 2.05) is 0 Å². The highest BCUT2D eigenvalue weighted by atomic mass is 79.9. The van der Waals surface area contributed by atoms with Crippen LogP contribution in [0.5, 0.6) is 11.6 Å². The van der Waals surface area contributed by atoms with Gasteiger partial charge in [-0.05, 0) is 0 Å². The lowest BCUT2D eigenvalue weighted by Gasteiger charge is -2.11. The number of halogens is 4. The Morgan fingerprint density at radius 3 is 2.68 bits per heavy atom. The Balaban J connectivity index is 0.00000180. The van der Waals surface area contributed by atoms with Gasteiger partial charge in [-0.1, -0.05) is 0 Å². The summed E-state index contributed by atoms with van der Waals surface area (Å²) in [6, 6.07) is 1.32. The van der Waals surface area contributed by atoms with Gasteiger partial charge in [0.05, 0.1) is 18.8 Å². The number of anilines is 1. The first-order valence-electron chi connectivity index (χ1n) is 4.78. The summed E-state index contributed by atoms with van der Waals surface area (Å²) in [6.07, 6.45) is -3.07. The van der Waals surface area contributed by atoms with E-state index in [-0.39, 0.29) is 34.6 Å². The zero-order chi connectivity index (χ0) is 13.3. The molecular weight excluding hydrogens is 333 g/mol. The second-order valence-electron chi connectivity index (χ2n) is 3.37. The molecule has 0 radical (unpaired) electrons. The van der Waals surface area contributed by atoms with Gasteiger partial charge in [0.15, 0.2) is 12.4 Å². The summed E-state index contributed by atoms with van der Waals surface area (Å²) in [5.74, 6) is -0.121. The van der Waals surface area contributed by atoms with Gasteiger partial charge in [-0.25, -0.2) is 4.98 Å². The lowest BCUT2D eigenvalue weighted by atomic mass is 10.4. The number of imidazole rings is 1. The van der Waals surface area contributed by atoms with Crippen molar-refractivity contribution in [1.29, 1.82) is 0 Å². The largest absolute Gasteiger partial charge is 0.478 e. The Morgan fingerprint density at radius 1 is 1.42 bits per heavy atom. The Morgan fingerprint density at radius 2 is 2.11 bits per heavy atom. The SMILES string of the molecule is Br.COc1nn2c(N)ncc2cc1OCC(F)(F)F. The second kappa shape index (κ2) is 5.51. The lowest BCUT2D eigenvalue weighted by Crippen LogP contribution is -2.19. The van der Waals surface area contributed by atoms with Crippen LogP contribution in [-0.2, 0) is 0 Å². The highest BCUT2D eigenvalue weighted by Crippen LogP contribution is 2.28. The van der Waals surface area contributed by atoms with Gasteiger partial charge < -0.3 is 15.2 Å². The van der Waals surface area contributed by atoms with Gasteiger partial charge in [0.1, 0.15) is 0 Å². The molecule has 2 aromatic heterocycles. The van der Waals surface area contributed by atoms with E-state index >= 15 is 0 Å². The van der Waals surface area contributed by atoms with Crippen LogP contribution in [0.2, 0.25) is 0 Å². The van der Waals surface area contributed by atoms with Crippen molar-refractivity contribution in [2.24, 2.45) is 0 Å². The van der Waals surface area contributed by atoms with Crippen molar-refractivity contribution in [3.05, 3.63) is 12.3 Å². The summed E-state index contributed by atoms with van der Waals surface area (Å²) < 4.78 is 46.9. The van der Waals surface area contributed by atoms with Crippen LogP contribution < -0.4 is 15.2 Å². The molecule has 0 aliphatic rings. The highest BCUT2D eigenvalue weighted by Gasteiger charge is 2.29. The molecule has 0 saturated heterocycles. The minimum absolute atomic E-state index is 0. The van der Waals surface area contributed by atoms with E-state index in [4.69, 9.17) is 10.5 Å². The number of alkyl halides is 3. The summed E-state index contributed by atoms with van der Waals surface area (Å²) in [5, 5.41) is 3.87.